The number of carbonyl (C=O) groups excluding carboxylic acids is 2. The minimum atomic E-state index is -0.448. The van der Waals surface area contributed by atoms with E-state index in [1.165, 1.54) is 0 Å². The highest BCUT2D eigenvalue weighted by atomic mass is 16.2. The summed E-state index contributed by atoms with van der Waals surface area (Å²) >= 11 is 0. The topological polar surface area (TPSA) is 58.2 Å². The molecule has 21 heavy (non-hydrogen) atoms. The lowest BCUT2D eigenvalue weighted by atomic mass is 9.90. The molecule has 1 aliphatic rings. The maximum Gasteiger partial charge on any atom is 0.232 e. The Balaban J connectivity index is 1.84. The molecule has 2 amide bonds. The Bertz CT molecular complexity index is 692. The molecule has 0 aromatic heterocycles. The van der Waals surface area contributed by atoms with Crippen molar-refractivity contribution in [2.24, 2.45) is 0 Å². The summed E-state index contributed by atoms with van der Waals surface area (Å²) in [5.74, 6) is -0.727. The van der Waals surface area contributed by atoms with Crippen LogP contribution in [0.3, 0.4) is 0 Å². The number of amides is 2. The van der Waals surface area contributed by atoms with Gasteiger partial charge in [-0.25, -0.2) is 0 Å². The zero-order valence-corrected chi connectivity index (χ0v) is 11.7. The molecule has 0 radical (unpaired) electrons. The van der Waals surface area contributed by atoms with E-state index >= 15 is 0 Å². The molecule has 106 valence electrons. The van der Waals surface area contributed by atoms with Gasteiger partial charge in [0.05, 0.1) is 5.92 Å². The maximum absolute atomic E-state index is 12.5. The summed E-state index contributed by atoms with van der Waals surface area (Å²) < 4.78 is 0. The van der Waals surface area contributed by atoms with E-state index in [0.717, 1.165) is 22.5 Å². The van der Waals surface area contributed by atoms with Crippen LogP contribution in [0.5, 0.6) is 0 Å². The number of aryl methyl sites for hydroxylation is 1. The van der Waals surface area contributed by atoms with Gasteiger partial charge >= 0.3 is 0 Å². The number of nitrogens with one attached hydrogen (secondary N) is 2. The Morgan fingerprint density at radius 2 is 1.86 bits per heavy atom. The van der Waals surface area contributed by atoms with Crippen LogP contribution in [0.15, 0.2) is 48.5 Å². The number of anilines is 2. The van der Waals surface area contributed by atoms with E-state index < -0.39 is 5.92 Å². The first-order valence-electron chi connectivity index (χ1n) is 6.90. The number of rotatable bonds is 2. The Hall–Kier alpha value is -2.62. The number of benzene rings is 2. The highest BCUT2D eigenvalue weighted by Crippen LogP contribution is 2.32. The van der Waals surface area contributed by atoms with Crippen molar-refractivity contribution >= 4 is 23.2 Å². The molecule has 0 aliphatic carbocycles. The third-order valence-electron chi connectivity index (χ3n) is 3.64. The minimum absolute atomic E-state index is 0.127. The molecule has 2 aromatic carbocycles. The third kappa shape index (κ3) is 2.79. The quantitative estimate of drug-likeness (QED) is 0.888. The number of hydrogen-bond donors (Lipinski definition) is 2. The molecule has 0 fully saturated rings. The second kappa shape index (κ2) is 5.40. The highest BCUT2D eigenvalue weighted by Gasteiger charge is 2.30. The van der Waals surface area contributed by atoms with Gasteiger partial charge in [0.15, 0.2) is 0 Å². The van der Waals surface area contributed by atoms with Crippen LogP contribution in [0.2, 0.25) is 0 Å². The lowest BCUT2D eigenvalue weighted by Crippen LogP contribution is -2.30. The van der Waals surface area contributed by atoms with Gasteiger partial charge in [0.2, 0.25) is 11.8 Å². The molecule has 1 heterocycles. The molecule has 2 aromatic rings. The first kappa shape index (κ1) is 13.4. The first-order chi connectivity index (χ1) is 10.1. The normalized spacial score (nSPS) is 16.8. The van der Waals surface area contributed by atoms with Crippen LogP contribution in [-0.2, 0) is 9.59 Å². The Morgan fingerprint density at radius 3 is 2.62 bits per heavy atom. The van der Waals surface area contributed by atoms with Crippen LogP contribution in [0.1, 0.15) is 23.5 Å². The predicted molar refractivity (Wildman–Crippen MR) is 82.2 cm³/mol. The molecule has 4 nitrogen and oxygen atoms in total. The van der Waals surface area contributed by atoms with Gasteiger partial charge in [-0.2, -0.15) is 0 Å². The van der Waals surface area contributed by atoms with Crippen LogP contribution in [-0.4, -0.2) is 11.8 Å². The van der Waals surface area contributed by atoms with Crippen LogP contribution >= 0.6 is 0 Å². The van der Waals surface area contributed by atoms with Gasteiger partial charge in [-0.15, -0.1) is 0 Å². The molecule has 0 saturated carbocycles. The minimum Gasteiger partial charge on any atom is -0.326 e. The van der Waals surface area contributed by atoms with Gasteiger partial charge in [-0.1, -0.05) is 35.9 Å². The van der Waals surface area contributed by atoms with Crippen molar-refractivity contribution in [3.8, 4) is 0 Å². The van der Waals surface area contributed by atoms with Crippen LogP contribution < -0.4 is 10.6 Å². The van der Waals surface area contributed by atoms with E-state index in [-0.39, 0.29) is 18.2 Å². The second-order valence-electron chi connectivity index (χ2n) is 5.25. The Morgan fingerprint density at radius 1 is 1.14 bits per heavy atom. The Kier molecular flexibility index (Phi) is 3.44. The van der Waals surface area contributed by atoms with Crippen molar-refractivity contribution < 1.29 is 9.59 Å². The fraction of sp³-hybridized carbons (Fsp3) is 0.176. The first-order valence-corrected chi connectivity index (χ1v) is 6.90. The maximum atomic E-state index is 12.5. The fourth-order valence-corrected chi connectivity index (χ4v) is 2.51. The summed E-state index contributed by atoms with van der Waals surface area (Å²) in [6.07, 6.45) is 0.175. The van der Waals surface area contributed by atoms with E-state index in [2.05, 4.69) is 10.6 Å². The van der Waals surface area contributed by atoms with E-state index in [1.54, 1.807) is 0 Å². The summed E-state index contributed by atoms with van der Waals surface area (Å²) in [6.45, 7) is 1.99. The van der Waals surface area contributed by atoms with Gasteiger partial charge in [-0.05, 0) is 30.7 Å². The zero-order chi connectivity index (χ0) is 14.8. The van der Waals surface area contributed by atoms with Crippen molar-refractivity contribution in [3.63, 3.8) is 0 Å². The Labute approximate surface area is 123 Å². The van der Waals surface area contributed by atoms with Crippen molar-refractivity contribution in [2.75, 3.05) is 10.6 Å². The lowest BCUT2D eigenvalue weighted by molar-refractivity contribution is -0.123. The molecular weight excluding hydrogens is 264 g/mol. The van der Waals surface area contributed by atoms with Crippen LogP contribution in [0.25, 0.3) is 0 Å². The standard InChI is InChI=1S/C17H16N2O2/c1-11-6-8-12(9-7-11)18-17(21)14-10-16(20)19-15-5-3-2-4-13(14)15/h2-9,14H,10H2,1H3,(H,18,21)(H,19,20)/t14-/m1/s1. The molecule has 2 N–H and O–H groups in total. The van der Waals surface area contributed by atoms with Gasteiger partial charge in [0, 0.05) is 17.8 Å². The van der Waals surface area contributed by atoms with Crippen molar-refractivity contribution in [1.82, 2.24) is 0 Å². The average molecular weight is 280 g/mol. The van der Waals surface area contributed by atoms with E-state index in [0.29, 0.717) is 0 Å². The van der Waals surface area contributed by atoms with Crippen molar-refractivity contribution in [1.29, 1.82) is 0 Å². The molecule has 1 atom stereocenters. The van der Waals surface area contributed by atoms with Gasteiger partial charge in [-0.3, -0.25) is 9.59 Å². The van der Waals surface area contributed by atoms with Crippen LogP contribution in [0.4, 0.5) is 11.4 Å². The summed E-state index contributed by atoms with van der Waals surface area (Å²) in [7, 11) is 0. The predicted octanol–water partition coefficient (Wildman–Crippen LogP) is 3.06. The smallest absolute Gasteiger partial charge is 0.232 e. The molecule has 1 aliphatic heterocycles. The van der Waals surface area contributed by atoms with Gasteiger partial charge in [0.1, 0.15) is 0 Å². The summed E-state index contributed by atoms with van der Waals surface area (Å²) in [6, 6.07) is 15.0. The molecule has 4 heteroatoms. The van der Waals surface area contributed by atoms with Gasteiger partial charge in [0.25, 0.3) is 0 Å². The fourth-order valence-electron chi connectivity index (χ4n) is 2.51. The van der Waals surface area contributed by atoms with E-state index in [9.17, 15) is 9.59 Å². The molecule has 0 bridgehead atoms. The van der Waals surface area contributed by atoms with Crippen molar-refractivity contribution in [3.05, 3.63) is 59.7 Å². The molecule has 0 saturated heterocycles. The van der Waals surface area contributed by atoms with Crippen molar-refractivity contribution in [2.45, 2.75) is 19.3 Å². The number of carbonyl (C=O) groups is 2. The molecule has 0 spiro atoms. The van der Waals surface area contributed by atoms with E-state index in [1.807, 2.05) is 55.5 Å². The zero-order valence-electron chi connectivity index (χ0n) is 11.7. The lowest BCUT2D eigenvalue weighted by Gasteiger charge is -2.24. The van der Waals surface area contributed by atoms with Gasteiger partial charge < -0.3 is 10.6 Å². The molecule has 0 unspecified atom stereocenters. The summed E-state index contributed by atoms with van der Waals surface area (Å²) in [5, 5.41) is 5.68. The highest BCUT2D eigenvalue weighted by molar-refractivity contribution is 6.05. The third-order valence-corrected chi connectivity index (χ3v) is 3.64. The number of fused-ring (bicyclic) bond motifs is 1. The SMILES string of the molecule is Cc1ccc(NC(=O)[C@@H]2CC(=O)Nc3ccccc32)cc1. The summed E-state index contributed by atoms with van der Waals surface area (Å²) in [4.78, 5) is 24.2. The average Bonchev–Trinajstić information content (AvgIpc) is 2.48. The largest absolute Gasteiger partial charge is 0.326 e. The summed E-state index contributed by atoms with van der Waals surface area (Å²) in [5.41, 5.74) is 3.46. The second-order valence-corrected chi connectivity index (χ2v) is 5.25. The number of hydrogen-bond acceptors (Lipinski definition) is 2. The van der Waals surface area contributed by atoms with E-state index in [4.69, 9.17) is 0 Å². The van der Waals surface area contributed by atoms with Crippen LogP contribution in [0, 0.1) is 6.92 Å². The molecular formula is C17H16N2O2. The number of para-hydroxylation sites is 1. The molecule has 3 rings (SSSR count). The monoisotopic (exact) mass is 280 g/mol.